The molecule has 1 aliphatic rings. The van der Waals surface area contributed by atoms with E-state index in [2.05, 4.69) is 15.6 Å². The van der Waals surface area contributed by atoms with Crippen molar-refractivity contribution in [1.82, 2.24) is 15.1 Å². The second kappa shape index (κ2) is 6.05. The molecule has 1 N–H and O–H groups in total. The van der Waals surface area contributed by atoms with Crippen molar-refractivity contribution >= 4 is 11.6 Å². The number of amides is 1. The molecule has 0 bridgehead atoms. The van der Waals surface area contributed by atoms with Gasteiger partial charge in [0.05, 0.1) is 24.2 Å². The number of hydrogen-bond donors (Lipinski definition) is 1. The number of rotatable bonds is 5. The highest BCUT2D eigenvalue weighted by Gasteiger charge is 2.30. The Hall–Kier alpha value is -2.57. The van der Waals surface area contributed by atoms with E-state index in [1.807, 2.05) is 24.7 Å². The summed E-state index contributed by atoms with van der Waals surface area (Å²) in [5, 5.41) is 11.2. The van der Waals surface area contributed by atoms with Crippen LogP contribution in [-0.2, 0) is 22.7 Å². The highest BCUT2D eigenvalue weighted by Crippen LogP contribution is 2.19. The average molecular weight is 302 g/mol. The van der Waals surface area contributed by atoms with Crippen molar-refractivity contribution in [1.29, 1.82) is 0 Å². The van der Waals surface area contributed by atoms with Gasteiger partial charge in [-0.3, -0.25) is 9.48 Å². The molecular formula is C15H18N4O3. The molecule has 3 heterocycles. The van der Waals surface area contributed by atoms with Gasteiger partial charge in [-0.05, 0) is 26.0 Å². The number of carbonyl (C=O) groups excluding carboxylic acids is 1. The molecule has 0 fully saturated rings. The van der Waals surface area contributed by atoms with Crippen molar-refractivity contribution in [2.24, 2.45) is 5.16 Å². The average Bonchev–Trinajstić information content (AvgIpc) is 3.24. The maximum Gasteiger partial charge on any atom is 0.264 e. The van der Waals surface area contributed by atoms with Crippen molar-refractivity contribution in [3.8, 4) is 0 Å². The van der Waals surface area contributed by atoms with E-state index >= 15 is 0 Å². The number of aromatic nitrogens is 2. The predicted octanol–water partition coefficient (Wildman–Crippen LogP) is 1.61. The molecule has 7 heteroatoms. The number of carbonyl (C=O) groups is 1. The van der Waals surface area contributed by atoms with Gasteiger partial charge in [0, 0.05) is 24.7 Å². The molecule has 0 aromatic carbocycles. The van der Waals surface area contributed by atoms with E-state index in [0.717, 1.165) is 23.5 Å². The molecule has 3 rings (SSSR count). The molecule has 116 valence electrons. The van der Waals surface area contributed by atoms with E-state index in [-0.39, 0.29) is 5.91 Å². The first-order chi connectivity index (χ1) is 10.7. The van der Waals surface area contributed by atoms with E-state index in [4.69, 9.17) is 9.25 Å². The number of furan rings is 1. The van der Waals surface area contributed by atoms with E-state index < -0.39 is 6.10 Å². The molecule has 0 radical (unpaired) electrons. The highest BCUT2D eigenvalue weighted by molar-refractivity contribution is 6.04. The normalized spacial score (nSPS) is 17.2. The van der Waals surface area contributed by atoms with E-state index in [1.54, 1.807) is 18.4 Å². The van der Waals surface area contributed by atoms with Gasteiger partial charge in [-0.25, -0.2) is 0 Å². The molecule has 0 saturated heterocycles. The van der Waals surface area contributed by atoms with Crippen molar-refractivity contribution < 1.29 is 14.0 Å². The van der Waals surface area contributed by atoms with Crippen LogP contribution in [0, 0.1) is 6.92 Å². The first-order valence-electron chi connectivity index (χ1n) is 7.24. The van der Waals surface area contributed by atoms with Crippen molar-refractivity contribution in [2.75, 3.05) is 0 Å². The lowest BCUT2D eigenvalue weighted by molar-refractivity contribution is -0.131. The van der Waals surface area contributed by atoms with Gasteiger partial charge in [0.25, 0.3) is 5.91 Å². The Bertz CT molecular complexity index is 688. The number of aryl methyl sites for hydroxylation is 2. The van der Waals surface area contributed by atoms with Crippen LogP contribution in [0.2, 0.25) is 0 Å². The first kappa shape index (κ1) is 14.4. The molecule has 0 saturated carbocycles. The lowest BCUT2D eigenvalue weighted by atomic mass is 10.1. The van der Waals surface area contributed by atoms with Crippen LogP contribution >= 0.6 is 0 Å². The monoisotopic (exact) mass is 302 g/mol. The molecule has 1 amide bonds. The SMILES string of the molecule is CCn1cc(C2=NO[C@@H](C(=O)NCc3ccco3)C2)c(C)n1. The minimum Gasteiger partial charge on any atom is -0.467 e. The molecular weight excluding hydrogens is 284 g/mol. The van der Waals surface area contributed by atoms with E-state index in [0.29, 0.717) is 18.7 Å². The number of nitrogens with zero attached hydrogens (tertiary/aromatic N) is 3. The summed E-state index contributed by atoms with van der Waals surface area (Å²) in [5.74, 6) is 0.503. The standard InChI is InChI=1S/C15H18N4O3/c1-3-19-9-12(10(2)17-19)13-7-14(22-18-13)15(20)16-8-11-5-4-6-21-11/h4-6,9,14H,3,7-8H2,1-2H3,(H,16,20)/t14-/m1/s1. The van der Waals surface area contributed by atoms with Crippen LogP contribution in [0.15, 0.2) is 34.2 Å². The minimum absolute atomic E-state index is 0.198. The van der Waals surface area contributed by atoms with E-state index in [9.17, 15) is 4.79 Å². The van der Waals surface area contributed by atoms with Gasteiger partial charge in [0.15, 0.2) is 0 Å². The van der Waals surface area contributed by atoms with Gasteiger partial charge in [0.1, 0.15) is 5.76 Å². The lowest BCUT2D eigenvalue weighted by Gasteiger charge is -2.08. The van der Waals surface area contributed by atoms with E-state index in [1.165, 1.54) is 0 Å². The molecule has 0 spiro atoms. The second-order valence-electron chi connectivity index (χ2n) is 5.12. The third-order valence-electron chi connectivity index (χ3n) is 3.56. The predicted molar refractivity (Wildman–Crippen MR) is 79.2 cm³/mol. The Kier molecular flexibility index (Phi) is 3.95. The van der Waals surface area contributed by atoms with Gasteiger partial charge < -0.3 is 14.6 Å². The number of hydrogen-bond acceptors (Lipinski definition) is 5. The summed E-state index contributed by atoms with van der Waals surface area (Å²) in [4.78, 5) is 17.3. The summed E-state index contributed by atoms with van der Waals surface area (Å²) in [6, 6.07) is 3.59. The topological polar surface area (TPSA) is 81.7 Å². The lowest BCUT2D eigenvalue weighted by Crippen LogP contribution is -2.34. The maximum absolute atomic E-state index is 12.1. The summed E-state index contributed by atoms with van der Waals surface area (Å²) in [7, 11) is 0. The first-order valence-corrected chi connectivity index (χ1v) is 7.24. The van der Waals surface area contributed by atoms with Gasteiger partial charge in [-0.1, -0.05) is 5.16 Å². The molecule has 2 aromatic rings. The Labute approximate surface area is 127 Å². The zero-order chi connectivity index (χ0) is 15.5. The Morgan fingerprint density at radius 2 is 2.41 bits per heavy atom. The van der Waals surface area contributed by atoms with Crippen LogP contribution in [-0.4, -0.2) is 27.5 Å². The smallest absolute Gasteiger partial charge is 0.264 e. The van der Waals surface area contributed by atoms with Crippen LogP contribution in [0.25, 0.3) is 0 Å². The van der Waals surface area contributed by atoms with Gasteiger partial charge in [-0.15, -0.1) is 0 Å². The molecule has 1 atom stereocenters. The Morgan fingerprint density at radius 3 is 3.09 bits per heavy atom. The van der Waals surface area contributed by atoms with Crippen molar-refractivity contribution in [2.45, 2.75) is 39.5 Å². The molecule has 0 unspecified atom stereocenters. The van der Waals surface area contributed by atoms with Gasteiger partial charge in [-0.2, -0.15) is 5.10 Å². The zero-order valence-corrected chi connectivity index (χ0v) is 12.6. The van der Waals surface area contributed by atoms with Crippen LogP contribution in [0.4, 0.5) is 0 Å². The second-order valence-corrected chi connectivity index (χ2v) is 5.12. The fourth-order valence-electron chi connectivity index (χ4n) is 2.34. The van der Waals surface area contributed by atoms with Crippen molar-refractivity contribution in [3.05, 3.63) is 41.6 Å². The number of oxime groups is 1. The third-order valence-corrected chi connectivity index (χ3v) is 3.56. The maximum atomic E-state index is 12.1. The summed E-state index contributed by atoms with van der Waals surface area (Å²) in [6.45, 7) is 5.08. The largest absolute Gasteiger partial charge is 0.467 e. The quantitative estimate of drug-likeness (QED) is 0.910. The van der Waals surface area contributed by atoms with Crippen LogP contribution in [0.5, 0.6) is 0 Å². The minimum atomic E-state index is -0.602. The fraction of sp³-hybridized carbons (Fsp3) is 0.400. The van der Waals surface area contributed by atoms with Crippen LogP contribution in [0.1, 0.15) is 30.4 Å². The Balaban J connectivity index is 1.58. The van der Waals surface area contributed by atoms with Gasteiger partial charge >= 0.3 is 0 Å². The molecule has 0 aliphatic carbocycles. The Morgan fingerprint density at radius 1 is 1.55 bits per heavy atom. The zero-order valence-electron chi connectivity index (χ0n) is 12.6. The molecule has 2 aromatic heterocycles. The summed E-state index contributed by atoms with van der Waals surface area (Å²) < 4.78 is 7.02. The summed E-state index contributed by atoms with van der Waals surface area (Å²) >= 11 is 0. The fourth-order valence-corrected chi connectivity index (χ4v) is 2.34. The molecule has 1 aliphatic heterocycles. The van der Waals surface area contributed by atoms with Crippen LogP contribution < -0.4 is 5.32 Å². The van der Waals surface area contributed by atoms with Crippen LogP contribution in [0.3, 0.4) is 0 Å². The summed E-state index contributed by atoms with van der Waals surface area (Å²) in [5.41, 5.74) is 2.58. The molecule has 22 heavy (non-hydrogen) atoms. The summed E-state index contributed by atoms with van der Waals surface area (Å²) in [6.07, 6.45) is 3.35. The van der Waals surface area contributed by atoms with Crippen molar-refractivity contribution in [3.63, 3.8) is 0 Å². The number of nitrogens with one attached hydrogen (secondary N) is 1. The van der Waals surface area contributed by atoms with Gasteiger partial charge in [0.2, 0.25) is 6.10 Å². The highest BCUT2D eigenvalue weighted by atomic mass is 16.6. The third kappa shape index (κ3) is 2.88. The molecule has 7 nitrogen and oxygen atoms in total.